The van der Waals surface area contributed by atoms with Crippen molar-refractivity contribution in [1.82, 2.24) is 19.8 Å². The Kier molecular flexibility index (Phi) is 3.77. The molecule has 130 valence electrons. The van der Waals surface area contributed by atoms with E-state index >= 15 is 0 Å². The van der Waals surface area contributed by atoms with Crippen LogP contribution in [0.1, 0.15) is 44.6 Å². The highest BCUT2D eigenvalue weighted by Crippen LogP contribution is 2.36. The molecular formula is C18H26N4O2. The minimum absolute atomic E-state index is 0.103. The molecule has 1 saturated carbocycles. The molecule has 0 unspecified atom stereocenters. The van der Waals surface area contributed by atoms with Crippen LogP contribution in [-0.2, 0) is 18.3 Å². The molecule has 6 heteroatoms. The summed E-state index contributed by atoms with van der Waals surface area (Å²) in [5, 5.41) is 8.55. The Hall–Kier alpha value is -1.66. The van der Waals surface area contributed by atoms with E-state index in [-0.39, 0.29) is 5.60 Å². The zero-order valence-electron chi connectivity index (χ0n) is 15.0. The molecule has 1 aliphatic carbocycles. The lowest BCUT2D eigenvalue weighted by Crippen LogP contribution is -2.56. The lowest BCUT2D eigenvalue weighted by molar-refractivity contribution is -0.157. The summed E-state index contributed by atoms with van der Waals surface area (Å²) in [5.74, 6) is 0.914. The third-order valence-corrected chi connectivity index (χ3v) is 5.37. The minimum atomic E-state index is -0.103. The van der Waals surface area contributed by atoms with Crippen LogP contribution in [0.25, 0.3) is 11.3 Å². The van der Waals surface area contributed by atoms with Gasteiger partial charge in [0.2, 0.25) is 0 Å². The second kappa shape index (κ2) is 5.70. The molecule has 0 aromatic carbocycles. The van der Waals surface area contributed by atoms with Gasteiger partial charge in [-0.2, -0.15) is 5.10 Å². The summed E-state index contributed by atoms with van der Waals surface area (Å²) in [6.07, 6.45) is 5.84. The van der Waals surface area contributed by atoms with E-state index in [4.69, 9.17) is 9.26 Å². The van der Waals surface area contributed by atoms with Crippen molar-refractivity contribution in [3.8, 4) is 11.3 Å². The minimum Gasteiger partial charge on any atom is -0.369 e. The molecule has 24 heavy (non-hydrogen) atoms. The molecule has 0 N–H and O–H groups in total. The zero-order valence-corrected chi connectivity index (χ0v) is 15.0. The van der Waals surface area contributed by atoms with E-state index < -0.39 is 0 Å². The number of hydrogen-bond donors (Lipinski definition) is 0. The fraction of sp³-hybridized carbons (Fsp3) is 0.667. The van der Waals surface area contributed by atoms with E-state index in [1.54, 1.807) is 0 Å². The monoisotopic (exact) mass is 330 g/mol. The molecule has 6 nitrogen and oxygen atoms in total. The number of aryl methyl sites for hydroxylation is 1. The molecule has 0 spiro atoms. The van der Waals surface area contributed by atoms with Gasteiger partial charge < -0.3 is 9.26 Å². The number of nitrogens with zero attached hydrogens (tertiary/aromatic N) is 4. The Morgan fingerprint density at radius 1 is 1.33 bits per heavy atom. The van der Waals surface area contributed by atoms with Gasteiger partial charge in [0.05, 0.1) is 24.4 Å². The predicted molar refractivity (Wildman–Crippen MR) is 90.4 cm³/mol. The van der Waals surface area contributed by atoms with Crippen molar-refractivity contribution in [2.45, 2.75) is 64.3 Å². The highest BCUT2D eigenvalue weighted by atomic mass is 16.5. The fourth-order valence-electron chi connectivity index (χ4n) is 4.15. The van der Waals surface area contributed by atoms with Gasteiger partial charge in [0.1, 0.15) is 5.69 Å². The number of ether oxygens (including phenoxy) is 1. The molecule has 2 aromatic rings. The molecule has 4 rings (SSSR count). The summed E-state index contributed by atoms with van der Waals surface area (Å²) >= 11 is 0. The lowest BCUT2D eigenvalue weighted by atomic mass is 10.0. The van der Waals surface area contributed by atoms with Gasteiger partial charge in [0.15, 0.2) is 5.76 Å². The van der Waals surface area contributed by atoms with Crippen molar-refractivity contribution in [3.63, 3.8) is 0 Å². The molecule has 2 fully saturated rings. The quantitative estimate of drug-likeness (QED) is 0.866. The molecule has 2 aromatic heterocycles. The average molecular weight is 330 g/mol. The van der Waals surface area contributed by atoms with E-state index in [1.165, 1.54) is 19.3 Å². The molecule has 0 bridgehead atoms. The van der Waals surface area contributed by atoms with E-state index in [2.05, 4.69) is 35.1 Å². The maximum Gasteiger partial charge on any atom is 0.151 e. The standard InChI is InChI=1S/C18H26N4O2/c1-12-14(9-19-21(12)4)15-8-13(24-20-15)10-22-11-18(2,3)23-17-7-5-6-16(17)22/h8-9,16-17H,5-7,10-11H2,1-4H3/t16-,17-/m1/s1. The van der Waals surface area contributed by atoms with Gasteiger partial charge in [0, 0.05) is 37.0 Å². The van der Waals surface area contributed by atoms with Gasteiger partial charge in [-0.25, -0.2) is 0 Å². The third-order valence-electron chi connectivity index (χ3n) is 5.37. The zero-order chi connectivity index (χ0) is 16.9. The largest absolute Gasteiger partial charge is 0.369 e. The number of morpholine rings is 1. The van der Waals surface area contributed by atoms with Crippen LogP contribution in [0.5, 0.6) is 0 Å². The van der Waals surface area contributed by atoms with E-state index in [9.17, 15) is 0 Å². The van der Waals surface area contributed by atoms with Crippen molar-refractivity contribution in [2.75, 3.05) is 6.54 Å². The number of fused-ring (bicyclic) bond motifs is 1. The van der Waals surface area contributed by atoms with Gasteiger partial charge in [-0.05, 0) is 40.0 Å². The van der Waals surface area contributed by atoms with Crippen LogP contribution in [0.15, 0.2) is 16.8 Å². The SMILES string of the molecule is Cc1c(-c2cc(CN3CC(C)(C)O[C@@H]4CCC[C@H]43)on2)cnn1C. The molecule has 3 heterocycles. The first kappa shape index (κ1) is 15.8. The lowest BCUT2D eigenvalue weighted by Gasteiger charge is -2.45. The smallest absolute Gasteiger partial charge is 0.151 e. The summed E-state index contributed by atoms with van der Waals surface area (Å²) in [4.78, 5) is 2.52. The maximum absolute atomic E-state index is 6.26. The number of aromatic nitrogens is 3. The second-order valence-corrected chi connectivity index (χ2v) is 7.76. The Balaban J connectivity index is 1.54. The van der Waals surface area contributed by atoms with Gasteiger partial charge in [-0.15, -0.1) is 0 Å². The summed E-state index contributed by atoms with van der Waals surface area (Å²) in [7, 11) is 1.94. The molecule has 2 atom stereocenters. The van der Waals surface area contributed by atoms with Gasteiger partial charge in [-0.3, -0.25) is 9.58 Å². The van der Waals surface area contributed by atoms with Gasteiger partial charge >= 0.3 is 0 Å². The second-order valence-electron chi connectivity index (χ2n) is 7.76. The van der Waals surface area contributed by atoms with Crippen molar-refractivity contribution in [2.24, 2.45) is 7.05 Å². The maximum atomic E-state index is 6.26. The topological polar surface area (TPSA) is 56.3 Å². The molecule has 0 amide bonds. The van der Waals surface area contributed by atoms with Gasteiger partial charge in [0.25, 0.3) is 0 Å². The molecule has 2 aliphatic rings. The van der Waals surface area contributed by atoms with E-state index in [0.717, 1.165) is 35.8 Å². The first-order valence-electron chi connectivity index (χ1n) is 8.79. The van der Waals surface area contributed by atoms with E-state index in [1.807, 2.05) is 24.9 Å². The number of rotatable bonds is 3. The fourth-order valence-corrected chi connectivity index (χ4v) is 4.15. The third kappa shape index (κ3) is 2.78. The van der Waals surface area contributed by atoms with Crippen LogP contribution in [0, 0.1) is 6.92 Å². The Morgan fingerprint density at radius 2 is 2.17 bits per heavy atom. The first-order chi connectivity index (χ1) is 11.4. The predicted octanol–water partition coefficient (Wildman–Crippen LogP) is 2.92. The molecule has 1 aliphatic heterocycles. The van der Waals surface area contributed by atoms with Crippen LogP contribution in [0.2, 0.25) is 0 Å². The summed E-state index contributed by atoms with van der Waals surface area (Å²) in [5.41, 5.74) is 2.90. The van der Waals surface area contributed by atoms with Crippen molar-refractivity contribution in [3.05, 3.63) is 23.7 Å². The Bertz CT molecular complexity index is 733. The molecule has 1 saturated heterocycles. The van der Waals surface area contributed by atoms with Crippen molar-refractivity contribution >= 4 is 0 Å². The van der Waals surface area contributed by atoms with E-state index in [0.29, 0.717) is 12.1 Å². The van der Waals surface area contributed by atoms with Crippen molar-refractivity contribution in [1.29, 1.82) is 0 Å². The first-order valence-corrected chi connectivity index (χ1v) is 8.79. The average Bonchev–Trinajstić information content (AvgIpc) is 3.21. The number of hydrogen-bond acceptors (Lipinski definition) is 5. The normalized spacial score (nSPS) is 26.7. The Labute approximate surface area is 142 Å². The van der Waals surface area contributed by atoms with Crippen LogP contribution >= 0.6 is 0 Å². The van der Waals surface area contributed by atoms with Crippen LogP contribution in [0.4, 0.5) is 0 Å². The molecule has 0 radical (unpaired) electrons. The summed E-state index contributed by atoms with van der Waals surface area (Å²) < 4.78 is 13.8. The molecular weight excluding hydrogens is 304 g/mol. The van der Waals surface area contributed by atoms with Crippen LogP contribution < -0.4 is 0 Å². The highest BCUT2D eigenvalue weighted by molar-refractivity contribution is 5.60. The van der Waals surface area contributed by atoms with Crippen LogP contribution in [-0.4, -0.2) is 44.1 Å². The van der Waals surface area contributed by atoms with Crippen molar-refractivity contribution < 1.29 is 9.26 Å². The Morgan fingerprint density at radius 3 is 2.92 bits per heavy atom. The summed E-state index contributed by atoms with van der Waals surface area (Å²) in [6.45, 7) is 8.12. The summed E-state index contributed by atoms with van der Waals surface area (Å²) in [6, 6.07) is 2.56. The van der Waals surface area contributed by atoms with Crippen LogP contribution in [0.3, 0.4) is 0 Å². The van der Waals surface area contributed by atoms with Gasteiger partial charge in [-0.1, -0.05) is 5.16 Å². The highest BCUT2D eigenvalue weighted by Gasteiger charge is 2.43.